The van der Waals surface area contributed by atoms with E-state index in [9.17, 15) is 4.79 Å². The molecular weight excluding hydrogens is 773 g/mol. The van der Waals surface area contributed by atoms with Gasteiger partial charge in [-0.3, -0.25) is 9.69 Å². The van der Waals surface area contributed by atoms with Gasteiger partial charge in [0, 0.05) is 30.9 Å². The number of allylic oxidation sites excluding steroid dienone is 1. The number of imidazole rings is 2. The molecule has 0 spiro atoms. The first kappa shape index (κ1) is 55.9. The number of nitrogens with two attached hydrogens (primary N) is 1. The number of rotatable bonds is 13. The van der Waals surface area contributed by atoms with Gasteiger partial charge < -0.3 is 36.1 Å². The van der Waals surface area contributed by atoms with Crippen LogP contribution in [0.1, 0.15) is 97.4 Å². The number of benzene rings is 3. The first-order valence-corrected chi connectivity index (χ1v) is 20.9. The van der Waals surface area contributed by atoms with Gasteiger partial charge in [-0.1, -0.05) is 65.1 Å². The molecule has 5 aromatic rings. The number of aliphatic hydroxyl groups excluding tert-OH is 2. The Balaban J connectivity index is 0.00000179. The summed E-state index contributed by atoms with van der Waals surface area (Å²) in [7, 11) is 3.77. The van der Waals surface area contributed by atoms with Crippen molar-refractivity contribution >= 4 is 27.7 Å². The van der Waals surface area contributed by atoms with Gasteiger partial charge in [0.15, 0.2) is 5.88 Å². The Bertz CT molecular complexity index is 2140. The second kappa shape index (κ2) is 30.0. The van der Waals surface area contributed by atoms with E-state index in [-0.39, 0.29) is 31.9 Å². The maximum atomic E-state index is 12.8. The molecule has 0 aliphatic heterocycles. The lowest BCUT2D eigenvalue weighted by atomic mass is 9.83. The third-order valence-corrected chi connectivity index (χ3v) is 10.1. The maximum absolute atomic E-state index is 12.8. The molecule has 2 atom stereocenters. The van der Waals surface area contributed by atoms with Crippen LogP contribution in [0, 0.1) is 12.8 Å². The molecular formula is C51H76N8O3. The molecule has 2 heterocycles. The van der Waals surface area contributed by atoms with Gasteiger partial charge >= 0.3 is 0 Å². The molecule has 1 aliphatic carbocycles. The van der Waals surface area contributed by atoms with Crippen LogP contribution in [0.25, 0.3) is 44.2 Å². The summed E-state index contributed by atoms with van der Waals surface area (Å²) in [6, 6.07) is 16.6. The van der Waals surface area contributed by atoms with E-state index in [2.05, 4.69) is 154 Å². The van der Waals surface area contributed by atoms with Crippen LogP contribution in [0.15, 0.2) is 99.2 Å². The van der Waals surface area contributed by atoms with Crippen molar-refractivity contribution in [3.8, 4) is 35.2 Å². The fraction of sp³-hybridized carbons (Fsp3) is 0.392. The number of nitrogens with one attached hydrogen (secondary N) is 3. The lowest BCUT2D eigenvalue weighted by molar-refractivity contribution is -0.134. The zero-order chi connectivity index (χ0) is 46.1. The highest BCUT2D eigenvalue weighted by Crippen LogP contribution is 2.39. The predicted octanol–water partition coefficient (Wildman–Crippen LogP) is 10.6. The molecule has 3 aromatic carbocycles. The van der Waals surface area contributed by atoms with Gasteiger partial charge in [-0.25, -0.2) is 9.97 Å². The van der Waals surface area contributed by atoms with Crippen LogP contribution in [0.2, 0.25) is 0 Å². The Morgan fingerprint density at radius 1 is 0.968 bits per heavy atom. The summed E-state index contributed by atoms with van der Waals surface area (Å²) in [6.45, 7) is 26.9. The number of H-pyrrole nitrogens is 2. The van der Waals surface area contributed by atoms with E-state index >= 15 is 0 Å². The van der Waals surface area contributed by atoms with Crippen LogP contribution in [0.4, 0.5) is 0 Å². The number of hydrogen-bond donors (Lipinski definition) is 6. The number of carbonyl (C=O) groups excluding carboxylic acids is 1. The quantitative estimate of drug-likeness (QED) is 0.0388. The molecule has 0 saturated carbocycles. The summed E-state index contributed by atoms with van der Waals surface area (Å²) in [5.74, 6) is 2.05. The highest BCUT2D eigenvalue weighted by Gasteiger charge is 2.22. The van der Waals surface area contributed by atoms with E-state index < -0.39 is 0 Å². The molecule has 11 heteroatoms. The van der Waals surface area contributed by atoms with Crippen molar-refractivity contribution in [2.24, 2.45) is 5.73 Å². The number of amides is 1. The minimum Gasteiger partial charge on any atom is -0.495 e. The van der Waals surface area contributed by atoms with Crippen LogP contribution in [-0.2, 0) is 30.7 Å². The summed E-state index contributed by atoms with van der Waals surface area (Å²) in [5, 5.41) is 20.7. The number of hydrogen-bond acceptors (Lipinski definition) is 8. The van der Waals surface area contributed by atoms with Crippen LogP contribution in [-0.4, -0.2) is 78.6 Å². The molecule has 7 N–H and O–H groups in total. The number of aliphatic hydroxyl groups is 2. The number of aromatic nitrogens is 4. The molecule has 0 radical (unpaired) electrons. The van der Waals surface area contributed by atoms with Crippen LogP contribution in [0.3, 0.4) is 0 Å². The monoisotopic (exact) mass is 849 g/mol. The van der Waals surface area contributed by atoms with E-state index in [0.29, 0.717) is 19.0 Å². The highest BCUT2D eigenvalue weighted by molar-refractivity contribution is 6.06. The SMILES string of the molecule is C.C#C.C=C(O)NC.C=CC.C=CCO.C=CN.CCCC(=O)N(Cc1ncc(-c2ccc3c(c2)CCc2cc4c(ccc5[nH]c(CN(C)[C@@H](C)CC)nc54)cc2-3)[nH]1)[C@@H](C)CC. The van der Waals surface area contributed by atoms with Gasteiger partial charge in [0.05, 0.1) is 42.6 Å². The molecule has 0 fully saturated rings. The molecule has 1 aliphatic rings. The Hall–Kier alpha value is -6.09. The van der Waals surface area contributed by atoms with E-state index in [1.54, 1.807) is 13.1 Å². The predicted molar refractivity (Wildman–Crippen MR) is 265 cm³/mol. The minimum absolute atomic E-state index is 0. The van der Waals surface area contributed by atoms with E-state index in [4.69, 9.17) is 15.2 Å². The molecule has 1 amide bonds. The molecule has 2 aromatic heterocycles. The lowest BCUT2D eigenvalue weighted by Crippen LogP contribution is -2.37. The van der Waals surface area contributed by atoms with Crippen molar-refractivity contribution < 1.29 is 15.0 Å². The zero-order valence-electron chi connectivity index (χ0n) is 38.0. The van der Waals surface area contributed by atoms with Crippen molar-refractivity contribution in [3.05, 3.63) is 122 Å². The second-order valence-corrected chi connectivity index (χ2v) is 14.5. The number of aromatic amines is 2. The third kappa shape index (κ3) is 16.4. The Morgan fingerprint density at radius 2 is 1.55 bits per heavy atom. The fourth-order valence-corrected chi connectivity index (χ4v) is 6.50. The van der Waals surface area contributed by atoms with Crippen LogP contribution >= 0.6 is 0 Å². The first-order chi connectivity index (χ1) is 29.3. The van der Waals surface area contributed by atoms with Crippen LogP contribution < -0.4 is 11.1 Å². The fourth-order valence-electron chi connectivity index (χ4n) is 6.50. The van der Waals surface area contributed by atoms with Gasteiger partial charge in [-0.15, -0.1) is 26.0 Å². The summed E-state index contributed by atoms with van der Waals surface area (Å²) >= 11 is 0. The summed E-state index contributed by atoms with van der Waals surface area (Å²) in [5.41, 5.74) is 14.3. The number of nitrogens with zero attached hydrogens (tertiary/aromatic N) is 4. The molecule has 11 nitrogen and oxygen atoms in total. The Labute approximate surface area is 373 Å². The van der Waals surface area contributed by atoms with Gasteiger partial charge in [0.25, 0.3) is 0 Å². The lowest BCUT2D eigenvalue weighted by Gasteiger charge is -2.27. The van der Waals surface area contributed by atoms with Crippen molar-refractivity contribution in [3.63, 3.8) is 0 Å². The Kier molecular flexibility index (Phi) is 27.1. The number of aryl methyl sites for hydroxylation is 2. The molecule has 0 saturated heterocycles. The molecule has 0 unspecified atom stereocenters. The number of carbonyl (C=O) groups is 1. The normalized spacial score (nSPS) is 11.4. The number of terminal acetylenes is 1. The summed E-state index contributed by atoms with van der Waals surface area (Å²) in [4.78, 5) is 33.9. The third-order valence-electron chi connectivity index (χ3n) is 10.1. The summed E-state index contributed by atoms with van der Waals surface area (Å²) < 4.78 is 0. The van der Waals surface area contributed by atoms with E-state index in [0.717, 1.165) is 72.6 Å². The Morgan fingerprint density at radius 3 is 2.08 bits per heavy atom. The average Bonchev–Trinajstić information content (AvgIpc) is 3.93. The van der Waals surface area contributed by atoms with Crippen molar-refractivity contribution in [1.29, 1.82) is 0 Å². The zero-order valence-corrected chi connectivity index (χ0v) is 38.0. The minimum atomic E-state index is 0. The number of fused-ring (bicyclic) bond motifs is 6. The molecule has 338 valence electrons. The van der Waals surface area contributed by atoms with Gasteiger partial charge in [-0.2, -0.15) is 0 Å². The highest BCUT2D eigenvalue weighted by atomic mass is 16.3. The molecule has 6 rings (SSSR count). The van der Waals surface area contributed by atoms with Crippen LogP contribution in [0.5, 0.6) is 0 Å². The molecule has 62 heavy (non-hydrogen) atoms. The first-order valence-electron chi connectivity index (χ1n) is 20.9. The van der Waals surface area contributed by atoms with Crippen molar-refractivity contribution in [2.45, 2.75) is 113 Å². The second-order valence-electron chi connectivity index (χ2n) is 14.5. The standard InChI is InChI=1S/C37H46N6O.C3H7NO.C3H6O.C3H6.C2H5N.C2H2.CH4/c1-7-10-36(44)43(24(5)9-3)22-34-38-20-33(40-34)28-13-15-29-25(17-28)11-12-26-19-31-27(18-30(26)29)14-16-32-37(31)41-35(39-32)21-42(6)23(4)8-2;1-3(5)4-2;1-2-3-4;1-3-2;1-2-3;1-2;/h13-20,23-24H,7-12,21-22H2,1-6H3,(H,38,40)(H,39,41);4-5H,1H2,2H3;2,4H,1,3H2;3H,1H2,2H3;2H,1,3H2;1-2H;1H4/t23-,24-;;;;;;/m0....../s1. The largest absolute Gasteiger partial charge is 0.495 e. The van der Waals surface area contributed by atoms with Crippen molar-refractivity contribution in [1.82, 2.24) is 35.1 Å². The van der Waals surface area contributed by atoms with E-state index in [1.165, 1.54) is 45.3 Å². The maximum Gasteiger partial charge on any atom is 0.223 e. The van der Waals surface area contributed by atoms with Gasteiger partial charge in [-0.05, 0) is 130 Å². The molecule has 0 bridgehead atoms. The van der Waals surface area contributed by atoms with E-state index in [1.807, 2.05) is 18.0 Å². The average molecular weight is 849 g/mol. The van der Waals surface area contributed by atoms with Gasteiger partial charge in [0.1, 0.15) is 11.6 Å². The smallest absolute Gasteiger partial charge is 0.223 e. The van der Waals surface area contributed by atoms with Gasteiger partial charge in [0.2, 0.25) is 5.91 Å². The summed E-state index contributed by atoms with van der Waals surface area (Å²) in [6.07, 6.45) is 19.8. The topological polar surface area (TPSA) is 159 Å². The van der Waals surface area contributed by atoms with Crippen molar-refractivity contribution in [2.75, 3.05) is 20.7 Å².